The average Bonchev–Trinajstić information content (AvgIpc) is 1.52. The molecule has 0 bridgehead atoms. The van der Waals surface area contributed by atoms with Crippen LogP contribution in [0.15, 0.2) is 162 Å². The zero-order valence-corrected chi connectivity index (χ0v) is 64.2. The summed E-state index contributed by atoms with van der Waals surface area (Å²) in [6.07, 6.45) is -1.18. The van der Waals surface area contributed by atoms with Gasteiger partial charge in [-0.2, -0.15) is 0 Å². The first-order chi connectivity index (χ1) is 48.6. The first kappa shape index (κ1) is 88.5. The van der Waals surface area contributed by atoms with Crippen molar-refractivity contribution in [2.24, 2.45) is 21.7 Å². The molecule has 0 aromatic heterocycles. The highest BCUT2D eigenvalue weighted by Crippen LogP contribution is 2.53. The number of esters is 2. The van der Waals surface area contributed by atoms with Crippen molar-refractivity contribution in [1.82, 2.24) is 0 Å². The van der Waals surface area contributed by atoms with E-state index in [9.17, 15) is 59.7 Å². The fourth-order valence-corrected chi connectivity index (χ4v) is 14.0. The third-order valence-electron chi connectivity index (χ3n) is 19.4. The van der Waals surface area contributed by atoms with Crippen LogP contribution in [-0.2, 0) is 61.9 Å². The molecule has 15 N–H and O–H groups in total. The van der Waals surface area contributed by atoms with Crippen molar-refractivity contribution < 1.29 is 138 Å². The van der Waals surface area contributed by atoms with Gasteiger partial charge in [0.25, 0.3) is 0 Å². The lowest BCUT2D eigenvalue weighted by Gasteiger charge is -2.45. The molecule has 0 radical (unpaired) electrons. The maximum atomic E-state index is 13.1. The van der Waals surface area contributed by atoms with Gasteiger partial charge in [0, 0.05) is 12.0 Å². The molecule has 0 amide bonds. The zero-order valence-electron chi connectivity index (χ0n) is 64.2. The highest BCUT2D eigenvalue weighted by atomic mass is 16.8. The number of aliphatic hydroxyl groups excluding tert-OH is 15. The minimum atomic E-state index is -1.42. The third kappa shape index (κ3) is 19.0. The maximum absolute atomic E-state index is 13.1. The number of carbonyl (C=O) groups excluding carboxylic acids is 5. The van der Waals surface area contributed by atoms with Gasteiger partial charge >= 0.3 is 11.9 Å². The Morgan fingerprint density at radius 3 is 1.13 bits per heavy atom. The first-order valence-corrected chi connectivity index (χ1v) is 34.6. The summed E-state index contributed by atoms with van der Waals surface area (Å²) in [7, 11) is 0. The van der Waals surface area contributed by atoms with E-state index in [2.05, 4.69) is 96.2 Å². The molecular formula is C78H110O28. The van der Waals surface area contributed by atoms with Gasteiger partial charge in [-0.25, -0.2) is 9.59 Å². The van der Waals surface area contributed by atoms with Crippen molar-refractivity contribution in [2.45, 2.75) is 243 Å². The maximum Gasteiger partial charge on any atom is 0.377 e. The number of hydrogen-bond acceptors (Lipinski definition) is 28. The summed E-state index contributed by atoms with van der Waals surface area (Å²) in [6, 6.07) is 0. The Morgan fingerprint density at radius 1 is 0.462 bits per heavy atom. The second-order valence-electron chi connectivity index (χ2n) is 31.3. The normalized spacial score (nSPS) is 30.4. The third-order valence-corrected chi connectivity index (χ3v) is 19.4. The van der Waals surface area contributed by atoms with Gasteiger partial charge < -0.3 is 114 Å². The van der Waals surface area contributed by atoms with Gasteiger partial charge in [0.15, 0.2) is 82.1 Å². The molecule has 2 saturated heterocycles. The van der Waals surface area contributed by atoms with E-state index in [1.807, 2.05) is 68.4 Å². The van der Waals surface area contributed by atoms with Crippen LogP contribution in [0.25, 0.3) is 0 Å². The van der Waals surface area contributed by atoms with Gasteiger partial charge in [0.1, 0.15) is 42.7 Å². The second kappa shape index (κ2) is 34.0. The molecule has 0 aromatic carbocycles. The molecule has 10 rings (SSSR count). The number of allylic oxidation sites excluding steroid dienone is 12. The van der Waals surface area contributed by atoms with Crippen molar-refractivity contribution in [1.29, 1.82) is 0 Å². The summed E-state index contributed by atoms with van der Waals surface area (Å²) in [5, 5.41) is 140. The van der Waals surface area contributed by atoms with Crippen LogP contribution >= 0.6 is 0 Å². The number of carbonyl (C=O) groups is 5. The Morgan fingerprint density at radius 2 is 0.802 bits per heavy atom. The molecule has 6 aliphatic heterocycles. The van der Waals surface area contributed by atoms with Crippen LogP contribution < -0.4 is 0 Å². The molecular weight excluding hydrogens is 1380 g/mol. The van der Waals surface area contributed by atoms with Crippen LogP contribution in [0.2, 0.25) is 0 Å². The van der Waals surface area contributed by atoms with Gasteiger partial charge in [-0.3, -0.25) is 14.4 Å². The van der Waals surface area contributed by atoms with Gasteiger partial charge in [0.05, 0.1) is 26.4 Å². The molecule has 2 fully saturated rings. The van der Waals surface area contributed by atoms with Crippen molar-refractivity contribution >= 4 is 29.3 Å². The molecule has 2 spiro atoms. The van der Waals surface area contributed by atoms with Crippen LogP contribution in [0.3, 0.4) is 0 Å². The molecule has 7 unspecified atom stereocenters. The van der Waals surface area contributed by atoms with E-state index in [-0.39, 0.29) is 81.0 Å². The van der Waals surface area contributed by atoms with Gasteiger partial charge in [-0.15, -0.1) is 0 Å². The van der Waals surface area contributed by atoms with E-state index in [4.69, 9.17) is 69.3 Å². The van der Waals surface area contributed by atoms with E-state index in [1.165, 1.54) is 11.1 Å². The quantitative estimate of drug-likeness (QED) is 0.0905. The lowest BCUT2D eigenvalue weighted by atomic mass is 9.68. The molecule has 28 nitrogen and oxygen atoms in total. The SMILES string of the molecule is C=C1O[C@H](C2COC3(CC(C)(C)C(C=C(C)C)=C(C)C3=O)O2)C(O)=C1O.C=C1O[C@H](C2COC3(O2)C(C)=C(C=C(C)C)C(C)(C)CC3O)C(O)=C1O.CC(C)=CC1=C(C)C(=O)C(O)CC1(C)C.CC(C)=CC1=C(C)C(=O)C(O)CC1(C)C.O=C1O[C@H]([C@@H](O)CO)C(O)=C1O.O=C1O[C@H]([C@@H](O)CO)C(O)=C1O. The smallest absolute Gasteiger partial charge is 0.377 e. The van der Waals surface area contributed by atoms with Crippen LogP contribution in [0.1, 0.15) is 164 Å². The van der Waals surface area contributed by atoms with Crippen molar-refractivity contribution in [2.75, 3.05) is 26.4 Å². The summed E-state index contributed by atoms with van der Waals surface area (Å²) in [5.74, 6) is -10.2. The molecule has 6 heterocycles. The van der Waals surface area contributed by atoms with Crippen molar-refractivity contribution in [3.8, 4) is 0 Å². The minimum Gasteiger partial charge on any atom is -0.505 e. The molecule has 0 aromatic rings. The van der Waals surface area contributed by atoms with Gasteiger partial charge in [-0.1, -0.05) is 115 Å². The number of aliphatic hydroxyl groups is 15. The first-order valence-electron chi connectivity index (χ1n) is 34.6. The molecule has 4 aliphatic carbocycles. The van der Waals surface area contributed by atoms with E-state index in [0.29, 0.717) is 42.4 Å². The summed E-state index contributed by atoms with van der Waals surface area (Å²) < 4.78 is 43.4. The molecule has 590 valence electrons. The van der Waals surface area contributed by atoms with E-state index < -0.39 is 133 Å². The fraction of sp³-hybridized carbons (Fsp3) is 0.577. The van der Waals surface area contributed by atoms with Crippen LogP contribution in [0.5, 0.6) is 0 Å². The zero-order chi connectivity index (χ0) is 81.1. The fourth-order valence-electron chi connectivity index (χ4n) is 14.0. The minimum absolute atomic E-state index is 0.000120. The molecule has 106 heavy (non-hydrogen) atoms. The van der Waals surface area contributed by atoms with Crippen molar-refractivity contribution in [3.05, 3.63) is 162 Å². The largest absolute Gasteiger partial charge is 0.505 e. The monoisotopic (exact) mass is 1490 g/mol. The highest BCUT2D eigenvalue weighted by molar-refractivity contribution is 6.03. The van der Waals surface area contributed by atoms with E-state index in [0.717, 1.165) is 39.0 Å². The second-order valence-corrected chi connectivity index (χ2v) is 31.3. The number of Topliss-reactive ketones (excluding diaryl/α,β-unsaturated/α-hetero) is 3. The van der Waals surface area contributed by atoms with Gasteiger partial charge in [-0.05, 0) is 163 Å². The summed E-state index contributed by atoms with van der Waals surface area (Å²) >= 11 is 0. The topological polar surface area (TPSA) is 463 Å². The number of ketones is 3. The van der Waals surface area contributed by atoms with Crippen LogP contribution in [0, 0.1) is 21.7 Å². The van der Waals surface area contributed by atoms with Gasteiger partial charge in [0.2, 0.25) is 28.9 Å². The van der Waals surface area contributed by atoms with E-state index >= 15 is 0 Å². The molecule has 13 atom stereocenters. The number of ether oxygens (including phenoxy) is 8. The highest BCUT2D eigenvalue weighted by Gasteiger charge is 2.60. The Hall–Kier alpha value is -8.13. The van der Waals surface area contributed by atoms with Crippen LogP contribution in [-0.4, -0.2) is 211 Å². The predicted octanol–water partition coefficient (Wildman–Crippen LogP) is 9.47. The predicted molar refractivity (Wildman–Crippen MR) is 385 cm³/mol. The Balaban J connectivity index is 0.000000236. The summed E-state index contributed by atoms with van der Waals surface area (Å²) in [6.45, 7) is 45.9. The van der Waals surface area contributed by atoms with Crippen LogP contribution in [0.4, 0.5) is 0 Å². The molecule has 28 heteroatoms. The average molecular weight is 1500 g/mol. The molecule has 0 saturated carbocycles. The van der Waals surface area contributed by atoms with E-state index in [1.54, 1.807) is 20.8 Å². The molecule has 10 aliphatic rings. The number of cyclic esters (lactones) is 2. The lowest BCUT2D eigenvalue weighted by molar-refractivity contribution is -0.220. The Labute approximate surface area is 618 Å². The standard InChI is InChI=1S/C20H28O6.C20H26O6.2C13H20O2.2C6H8O6/c1-10(2)7-13-11(3)20(15(21)8-19(13,5)6)24-9-14(26-20)18-17(23)16(22)12(4)25-18;1-10(2)7-13-11(3)18(23)20(9-19(13,5)6)24-8-14(26-20)17-16(22)15(21)12(4)25-17;2*1-8(2)6-10-9(3)12(15)11(14)7-13(10,4)5;2*7-1-2(8)5-3(9)4(10)6(11)12-5/h7,14-15,18,21-23H,4,8-9H2,1-3,5-6H3;7,14,17,21-22H,4,8-9H2,1-3,5-6H3;2*6,11,14H,7H2,1-5H3;2*2,5,7-10H,1H2/t14?,15?,18-,20?;14?,17-,20?;;;2*2-,5+/m11..00/s1. The summed E-state index contributed by atoms with van der Waals surface area (Å²) in [4.78, 5) is 57.5. The lowest BCUT2D eigenvalue weighted by Crippen LogP contribution is -2.52. The summed E-state index contributed by atoms with van der Waals surface area (Å²) in [5.41, 5.74) is 10.9. The number of hydrogen-bond donors (Lipinski definition) is 15. The Bertz CT molecular complexity index is 3750. The number of rotatable bonds is 10. The Kier molecular flexibility index (Phi) is 28.4. The van der Waals surface area contributed by atoms with Crippen molar-refractivity contribution in [3.63, 3.8) is 0 Å².